The van der Waals surface area contributed by atoms with Crippen molar-refractivity contribution in [2.75, 3.05) is 18.0 Å². The highest BCUT2D eigenvalue weighted by Gasteiger charge is 2.24. The minimum atomic E-state index is -1.13. The molecule has 6 nitrogen and oxygen atoms in total. The minimum Gasteiger partial charge on any atom is -0.478 e. The van der Waals surface area contributed by atoms with E-state index in [2.05, 4.69) is 6.92 Å². The summed E-state index contributed by atoms with van der Waals surface area (Å²) >= 11 is 0. The number of carboxylic acids is 1. The fraction of sp³-hybridized carbons (Fsp3) is 0.417. The highest BCUT2D eigenvalue weighted by molar-refractivity contribution is 5.95. The van der Waals surface area contributed by atoms with E-state index in [1.165, 1.54) is 12.1 Å². The molecule has 18 heavy (non-hydrogen) atoms. The number of nitro benzene ring substituents is 1. The lowest BCUT2D eigenvalue weighted by molar-refractivity contribution is -0.384. The van der Waals surface area contributed by atoms with Gasteiger partial charge in [0.25, 0.3) is 5.69 Å². The Morgan fingerprint density at radius 3 is 2.78 bits per heavy atom. The van der Waals surface area contributed by atoms with Crippen LogP contribution in [-0.2, 0) is 0 Å². The molecule has 96 valence electrons. The molecule has 1 aliphatic rings. The van der Waals surface area contributed by atoms with Crippen LogP contribution >= 0.6 is 0 Å². The van der Waals surface area contributed by atoms with Crippen molar-refractivity contribution in [2.24, 2.45) is 5.92 Å². The standard InChI is InChI=1S/C12H14N2O4/c1-8-4-5-13(7-8)11-3-2-9(14(17)18)6-10(11)12(15)16/h2-3,6,8H,4-5,7H2,1H3,(H,15,16). The SMILES string of the molecule is CC1CCN(c2ccc([N+](=O)[O-])cc2C(=O)O)C1. The van der Waals surface area contributed by atoms with E-state index in [0.29, 0.717) is 11.6 Å². The molecule has 1 heterocycles. The summed E-state index contributed by atoms with van der Waals surface area (Å²) in [7, 11) is 0. The Bertz CT molecular complexity index is 501. The highest BCUT2D eigenvalue weighted by Crippen LogP contribution is 2.29. The number of nitrogens with zero attached hydrogens (tertiary/aromatic N) is 2. The van der Waals surface area contributed by atoms with Gasteiger partial charge in [0, 0.05) is 25.2 Å². The normalized spacial score (nSPS) is 18.9. The number of carboxylic acid groups (broad SMARTS) is 1. The fourth-order valence-electron chi connectivity index (χ4n) is 2.24. The smallest absolute Gasteiger partial charge is 0.338 e. The number of aromatic carboxylic acids is 1. The molecule has 0 amide bonds. The zero-order chi connectivity index (χ0) is 13.3. The summed E-state index contributed by atoms with van der Waals surface area (Å²) < 4.78 is 0. The summed E-state index contributed by atoms with van der Waals surface area (Å²) in [6.45, 7) is 3.68. The first kappa shape index (κ1) is 12.3. The average molecular weight is 250 g/mol. The third kappa shape index (κ3) is 2.27. The first-order valence-electron chi connectivity index (χ1n) is 5.75. The first-order chi connectivity index (χ1) is 8.49. The van der Waals surface area contributed by atoms with Crippen LogP contribution < -0.4 is 4.90 Å². The molecule has 1 aromatic carbocycles. The van der Waals surface area contributed by atoms with Gasteiger partial charge in [0.1, 0.15) is 0 Å². The summed E-state index contributed by atoms with van der Waals surface area (Å²) in [5.74, 6) is -0.616. The molecular weight excluding hydrogens is 236 g/mol. The molecule has 1 saturated heterocycles. The summed E-state index contributed by atoms with van der Waals surface area (Å²) in [5, 5.41) is 19.8. The number of anilines is 1. The van der Waals surface area contributed by atoms with Gasteiger partial charge in [0.05, 0.1) is 16.2 Å². The molecular formula is C12H14N2O4. The van der Waals surface area contributed by atoms with Crippen LogP contribution in [0, 0.1) is 16.0 Å². The van der Waals surface area contributed by atoms with E-state index < -0.39 is 10.9 Å². The van der Waals surface area contributed by atoms with Crippen LogP contribution in [0.5, 0.6) is 0 Å². The number of benzene rings is 1. The second kappa shape index (κ2) is 4.64. The minimum absolute atomic E-state index is 0.00157. The monoisotopic (exact) mass is 250 g/mol. The van der Waals surface area contributed by atoms with E-state index in [1.807, 2.05) is 4.90 Å². The van der Waals surface area contributed by atoms with Crippen molar-refractivity contribution in [2.45, 2.75) is 13.3 Å². The Hall–Kier alpha value is -2.11. The van der Waals surface area contributed by atoms with Crippen molar-refractivity contribution in [3.8, 4) is 0 Å². The maximum Gasteiger partial charge on any atom is 0.338 e. The van der Waals surface area contributed by atoms with E-state index >= 15 is 0 Å². The van der Waals surface area contributed by atoms with Gasteiger partial charge in [-0.05, 0) is 18.4 Å². The number of carbonyl (C=O) groups is 1. The quantitative estimate of drug-likeness (QED) is 0.656. The summed E-state index contributed by atoms with van der Waals surface area (Å²) in [6, 6.07) is 4.00. The van der Waals surface area contributed by atoms with Gasteiger partial charge in [0.2, 0.25) is 0 Å². The van der Waals surface area contributed by atoms with Gasteiger partial charge >= 0.3 is 5.97 Å². The largest absolute Gasteiger partial charge is 0.478 e. The second-order valence-corrected chi connectivity index (χ2v) is 4.60. The molecule has 0 aromatic heterocycles. The lowest BCUT2D eigenvalue weighted by Crippen LogP contribution is -2.21. The lowest BCUT2D eigenvalue weighted by atomic mass is 10.1. The summed E-state index contributed by atoms with van der Waals surface area (Å²) in [6.07, 6.45) is 1.01. The molecule has 0 saturated carbocycles. The van der Waals surface area contributed by atoms with Gasteiger partial charge in [-0.15, -0.1) is 0 Å². The van der Waals surface area contributed by atoms with Crippen LogP contribution in [-0.4, -0.2) is 29.1 Å². The second-order valence-electron chi connectivity index (χ2n) is 4.60. The molecule has 0 bridgehead atoms. The van der Waals surface area contributed by atoms with Gasteiger partial charge in [-0.25, -0.2) is 4.79 Å². The number of hydrogen-bond acceptors (Lipinski definition) is 4. The maximum absolute atomic E-state index is 11.2. The molecule has 1 aromatic rings. The summed E-state index contributed by atoms with van der Waals surface area (Å²) in [5.41, 5.74) is 0.374. The molecule has 6 heteroatoms. The van der Waals surface area contributed by atoms with E-state index in [1.54, 1.807) is 0 Å². The zero-order valence-electron chi connectivity index (χ0n) is 10.00. The molecule has 1 N–H and O–H groups in total. The Morgan fingerprint density at radius 2 is 2.28 bits per heavy atom. The third-order valence-corrected chi connectivity index (χ3v) is 3.19. The molecule has 0 aliphatic carbocycles. The third-order valence-electron chi connectivity index (χ3n) is 3.19. The number of rotatable bonds is 3. The van der Waals surface area contributed by atoms with Crippen molar-refractivity contribution in [1.82, 2.24) is 0 Å². The van der Waals surface area contributed by atoms with Gasteiger partial charge < -0.3 is 10.0 Å². The van der Waals surface area contributed by atoms with Crippen LogP contribution in [0.1, 0.15) is 23.7 Å². The number of nitro groups is 1. The van der Waals surface area contributed by atoms with E-state index in [9.17, 15) is 14.9 Å². The van der Waals surface area contributed by atoms with Gasteiger partial charge in [0.15, 0.2) is 0 Å². The Labute approximate surface area is 104 Å². The Kier molecular flexibility index (Phi) is 3.18. The zero-order valence-corrected chi connectivity index (χ0v) is 10.00. The summed E-state index contributed by atoms with van der Waals surface area (Å²) in [4.78, 5) is 23.2. The highest BCUT2D eigenvalue weighted by atomic mass is 16.6. The predicted octanol–water partition coefficient (Wildman–Crippen LogP) is 2.14. The molecule has 1 fully saturated rings. The van der Waals surface area contributed by atoms with Crippen LogP contribution in [0.15, 0.2) is 18.2 Å². The molecule has 0 radical (unpaired) electrons. The predicted molar refractivity (Wildman–Crippen MR) is 66.0 cm³/mol. The maximum atomic E-state index is 11.2. The fourth-order valence-corrected chi connectivity index (χ4v) is 2.24. The molecule has 1 atom stereocenters. The van der Waals surface area contributed by atoms with Crippen molar-refractivity contribution in [3.63, 3.8) is 0 Å². The van der Waals surface area contributed by atoms with Crippen LogP contribution in [0.2, 0.25) is 0 Å². The number of hydrogen-bond donors (Lipinski definition) is 1. The van der Waals surface area contributed by atoms with E-state index in [4.69, 9.17) is 5.11 Å². The van der Waals surface area contributed by atoms with Crippen molar-refractivity contribution < 1.29 is 14.8 Å². The van der Waals surface area contributed by atoms with Gasteiger partial charge in [-0.1, -0.05) is 6.92 Å². The van der Waals surface area contributed by atoms with Crippen molar-refractivity contribution >= 4 is 17.3 Å². The topological polar surface area (TPSA) is 83.7 Å². The lowest BCUT2D eigenvalue weighted by Gasteiger charge is -2.20. The molecule has 0 spiro atoms. The van der Waals surface area contributed by atoms with Gasteiger partial charge in [-0.3, -0.25) is 10.1 Å². The van der Waals surface area contributed by atoms with E-state index in [-0.39, 0.29) is 11.3 Å². The molecule has 2 rings (SSSR count). The Morgan fingerprint density at radius 1 is 1.56 bits per heavy atom. The van der Waals surface area contributed by atoms with Crippen molar-refractivity contribution in [3.05, 3.63) is 33.9 Å². The van der Waals surface area contributed by atoms with Crippen LogP contribution in [0.3, 0.4) is 0 Å². The van der Waals surface area contributed by atoms with Crippen molar-refractivity contribution in [1.29, 1.82) is 0 Å². The van der Waals surface area contributed by atoms with Crippen LogP contribution in [0.4, 0.5) is 11.4 Å². The van der Waals surface area contributed by atoms with E-state index in [0.717, 1.165) is 25.6 Å². The molecule has 1 unspecified atom stereocenters. The average Bonchev–Trinajstić information content (AvgIpc) is 2.74. The number of non-ortho nitro benzene ring substituents is 1. The Balaban J connectivity index is 2.41. The molecule has 1 aliphatic heterocycles. The first-order valence-corrected chi connectivity index (χ1v) is 5.75. The van der Waals surface area contributed by atoms with Crippen LogP contribution in [0.25, 0.3) is 0 Å². The van der Waals surface area contributed by atoms with Gasteiger partial charge in [-0.2, -0.15) is 0 Å².